The second-order valence-corrected chi connectivity index (χ2v) is 4.22. The van der Waals surface area contributed by atoms with Gasteiger partial charge in [0.15, 0.2) is 0 Å². The van der Waals surface area contributed by atoms with Gasteiger partial charge in [-0.25, -0.2) is 0 Å². The van der Waals surface area contributed by atoms with E-state index in [0.29, 0.717) is 0 Å². The first-order chi connectivity index (χ1) is 5.11. The summed E-state index contributed by atoms with van der Waals surface area (Å²) in [5, 5.41) is 0.807. The fourth-order valence-corrected chi connectivity index (χ4v) is 1.93. The summed E-state index contributed by atoms with van der Waals surface area (Å²) in [5.74, 6) is 1.30. The van der Waals surface area contributed by atoms with Crippen LogP contribution < -0.4 is 0 Å². The van der Waals surface area contributed by atoms with E-state index in [1.165, 1.54) is 15.1 Å². The van der Waals surface area contributed by atoms with Crippen LogP contribution in [-0.2, 0) is 0 Å². The van der Waals surface area contributed by atoms with Gasteiger partial charge in [-0.05, 0) is 52.3 Å². The van der Waals surface area contributed by atoms with Crippen molar-refractivity contribution in [3.8, 4) is 0 Å². The van der Waals surface area contributed by atoms with E-state index < -0.39 is 0 Å². The maximum absolute atomic E-state index is 5.84. The molecule has 0 saturated carbocycles. The van der Waals surface area contributed by atoms with Crippen molar-refractivity contribution in [2.45, 2.75) is 13.8 Å². The summed E-state index contributed by atoms with van der Waals surface area (Å²) < 4.78 is 1.26. The molecule has 1 aromatic rings. The summed E-state index contributed by atoms with van der Waals surface area (Å²) in [6, 6.07) is 5.94. The van der Waals surface area contributed by atoms with Gasteiger partial charge in [0.25, 0.3) is 0 Å². The van der Waals surface area contributed by atoms with Crippen LogP contribution >= 0.6 is 34.2 Å². The third-order valence-corrected chi connectivity index (χ3v) is 2.64. The smallest absolute Gasteiger partial charge is 0.0409 e. The van der Waals surface area contributed by atoms with E-state index in [0.717, 1.165) is 5.02 Å². The molecule has 11 heavy (non-hydrogen) atoms. The minimum Gasteiger partial charge on any atom is -0.0843 e. The quantitative estimate of drug-likeness (QED) is 0.684. The maximum atomic E-state index is 5.84. The fourth-order valence-electron chi connectivity index (χ4n) is 0.881. The number of hydrogen-bond acceptors (Lipinski definition) is 0. The number of hydrogen-bond donors (Lipinski definition) is 0. The van der Waals surface area contributed by atoms with Crippen molar-refractivity contribution in [2.24, 2.45) is 0 Å². The Morgan fingerprint density at radius 1 is 1.36 bits per heavy atom. The lowest BCUT2D eigenvalue weighted by Crippen LogP contribution is -1.91. The molecule has 2 heteroatoms. The Morgan fingerprint density at radius 3 is 2.45 bits per heavy atom. The van der Waals surface area contributed by atoms with Crippen molar-refractivity contribution in [1.82, 2.24) is 0 Å². The maximum Gasteiger partial charge on any atom is 0.0409 e. The summed E-state index contributed by atoms with van der Waals surface area (Å²) in [7, 11) is 0. The van der Waals surface area contributed by atoms with Gasteiger partial charge >= 0.3 is 0 Å². The second kappa shape index (κ2) is 3.76. The summed E-state index contributed by atoms with van der Waals surface area (Å²) in [6.45, 7) is 4.18. The molecule has 1 aromatic carbocycles. The fraction of sp³-hybridized carbons (Fsp3) is 0.222. The zero-order chi connectivity index (χ0) is 8.43. The lowest BCUT2D eigenvalue weighted by atomic mass is 10.0. The zero-order valence-corrected chi connectivity index (χ0v) is 9.40. The van der Waals surface area contributed by atoms with E-state index in [4.69, 9.17) is 11.6 Å². The van der Waals surface area contributed by atoms with Gasteiger partial charge in [0.2, 0.25) is 0 Å². The predicted molar refractivity (Wildman–Crippen MR) is 57.9 cm³/mol. The Balaban J connectivity index is 3.13. The van der Waals surface area contributed by atoms with Crippen LogP contribution in [0.25, 0.3) is 0 Å². The van der Waals surface area contributed by atoms with E-state index in [1.807, 2.05) is 18.2 Å². The SMILES string of the molecule is C[C](C)c1cc(Cl)ccc1I. The lowest BCUT2D eigenvalue weighted by Gasteiger charge is -2.07. The van der Waals surface area contributed by atoms with Crippen LogP contribution in [0.1, 0.15) is 19.4 Å². The minimum atomic E-state index is 0.807. The Kier molecular flexibility index (Phi) is 3.19. The third-order valence-electron chi connectivity index (χ3n) is 1.47. The molecule has 0 amide bonds. The molecule has 0 saturated heterocycles. The first-order valence-electron chi connectivity index (χ1n) is 3.37. The summed E-state index contributed by atoms with van der Waals surface area (Å²) >= 11 is 8.16. The van der Waals surface area contributed by atoms with Crippen molar-refractivity contribution < 1.29 is 0 Å². The highest BCUT2D eigenvalue weighted by molar-refractivity contribution is 14.1. The van der Waals surface area contributed by atoms with Gasteiger partial charge in [-0.15, -0.1) is 0 Å². The number of rotatable bonds is 1. The van der Waals surface area contributed by atoms with Crippen molar-refractivity contribution in [2.75, 3.05) is 0 Å². The molecule has 0 aliphatic rings. The minimum absolute atomic E-state index is 0.807. The van der Waals surface area contributed by atoms with Crippen LogP contribution in [0.3, 0.4) is 0 Å². The topological polar surface area (TPSA) is 0 Å². The monoisotopic (exact) mass is 279 g/mol. The van der Waals surface area contributed by atoms with Crippen molar-refractivity contribution in [3.63, 3.8) is 0 Å². The molecule has 1 rings (SSSR count). The van der Waals surface area contributed by atoms with Gasteiger partial charge in [0, 0.05) is 8.59 Å². The van der Waals surface area contributed by atoms with Crippen LogP contribution in [0.5, 0.6) is 0 Å². The van der Waals surface area contributed by atoms with E-state index in [-0.39, 0.29) is 0 Å². The standard InChI is InChI=1S/C9H9ClI/c1-6(2)8-5-7(10)3-4-9(8)11/h3-5H,1-2H3. The molecule has 0 unspecified atom stereocenters. The molecule has 0 heterocycles. The lowest BCUT2D eigenvalue weighted by molar-refractivity contribution is 1.14. The van der Waals surface area contributed by atoms with Crippen LogP contribution in [0.15, 0.2) is 18.2 Å². The van der Waals surface area contributed by atoms with Crippen LogP contribution in [-0.4, -0.2) is 0 Å². The average molecular weight is 280 g/mol. The Bertz CT molecular complexity index is 256. The first-order valence-corrected chi connectivity index (χ1v) is 4.82. The zero-order valence-electron chi connectivity index (χ0n) is 6.49. The van der Waals surface area contributed by atoms with E-state index in [1.54, 1.807) is 0 Å². The molecule has 0 aromatic heterocycles. The molecule has 0 spiro atoms. The van der Waals surface area contributed by atoms with Crippen molar-refractivity contribution in [3.05, 3.63) is 38.3 Å². The molecular weight excluding hydrogens is 270 g/mol. The summed E-state index contributed by atoms with van der Waals surface area (Å²) in [4.78, 5) is 0. The van der Waals surface area contributed by atoms with Gasteiger partial charge in [0.05, 0.1) is 0 Å². The van der Waals surface area contributed by atoms with Crippen molar-refractivity contribution >= 4 is 34.2 Å². The van der Waals surface area contributed by atoms with Gasteiger partial charge in [0.1, 0.15) is 0 Å². The predicted octanol–water partition coefficient (Wildman–Crippen LogP) is 3.91. The first kappa shape index (κ1) is 9.33. The van der Waals surface area contributed by atoms with Crippen LogP contribution in [0, 0.1) is 9.49 Å². The molecule has 0 N–H and O–H groups in total. The molecule has 1 radical (unpaired) electrons. The largest absolute Gasteiger partial charge is 0.0843 e. The van der Waals surface area contributed by atoms with E-state index >= 15 is 0 Å². The van der Waals surface area contributed by atoms with Gasteiger partial charge in [-0.1, -0.05) is 25.4 Å². The molecule has 0 bridgehead atoms. The number of benzene rings is 1. The second-order valence-electron chi connectivity index (χ2n) is 2.62. The summed E-state index contributed by atoms with van der Waals surface area (Å²) in [6.07, 6.45) is 0. The third kappa shape index (κ3) is 2.34. The molecular formula is C9H9ClI. The van der Waals surface area contributed by atoms with Gasteiger partial charge in [-0.3, -0.25) is 0 Å². The van der Waals surface area contributed by atoms with E-state index in [9.17, 15) is 0 Å². The highest BCUT2D eigenvalue weighted by atomic mass is 127. The molecule has 0 aliphatic carbocycles. The number of halogens is 2. The molecule has 0 fully saturated rings. The molecule has 59 valence electrons. The molecule has 0 nitrogen and oxygen atoms in total. The molecule has 0 atom stereocenters. The Morgan fingerprint density at radius 2 is 2.00 bits per heavy atom. The molecule has 0 aliphatic heterocycles. The van der Waals surface area contributed by atoms with Gasteiger partial charge < -0.3 is 0 Å². The Labute approximate surface area is 86.1 Å². The highest BCUT2D eigenvalue weighted by Crippen LogP contribution is 2.23. The highest BCUT2D eigenvalue weighted by Gasteiger charge is 2.04. The van der Waals surface area contributed by atoms with Crippen LogP contribution in [0.4, 0.5) is 0 Å². The van der Waals surface area contributed by atoms with Crippen LogP contribution in [0.2, 0.25) is 5.02 Å². The normalized spacial score (nSPS) is 10.6. The average Bonchev–Trinajstić information content (AvgIpc) is 1.94. The summed E-state index contributed by atoms with van der Waals surface area (Å²) in [5.41, 5.74) is 1.25. The van der Waals surface area contributed by atoms with Crippen molar-refractivity contribution in [1.29, 1.82) is 0 Å². The Hall–Kier alpha value is 0.240. The van der Waals surface area contributed by atoms with Gasteiger partial charge in [-0.2, -0.15) is 0 Å². The van der Waals surface area contributed by atoms with E-state index in [2.05, 4.69) is 36.4 Å².